The third-order valence-electron chi connectivity index (χ3n) is 4.82. The zero-order chi connectivity index (χ0) is 18.1. The molecule has 1 aliphatic rings. The molecule has 1 aromatic carbocycles. The van der Waals surface area contributed by atoms with Crippen molar-refractivity contribution < 1.29 is 9.84 Å². The van der Waals surface area contributed by atoms with Gasteiger partial charge in [-0.2, -0.15) is 4.52 Å². The van der Waals surface area contributed by atoms with Crippen molar-refractivity contribution >= 4 is 16.3 Å². The first-order valence-corrected chi connectivity index (χ1v) is 10.1. The predicted molar refractivity (Wildman–Crippen MR) is 102 cm³/mol. The van der Waals surface area contributed by atoms with Crippen molar-refractivity contribution in [3.8, 4) is 11.6 Å². The van der Waals surface area contributed by atoms with Gasteiger partial charge in [0.1, 0.15) is 5.75 Å². The first kappa shape index (κ1) is 17.3. The van der Waals surface area contributed by atoms with Crippen molar-refractivity contribution in [3.63, 3.8) is 0 Å². The van der Waals surface area contributed by atoms with Crippen LogP contribution in [0.25, 0.3) is 4.96 Å². The van der Waals surface area contributed by atoms with Crippen molar-refractivity contribution in [1.29, 1.82) is 0 Å². The van der Waals surface area contributed by atoms with E-state index in [4.69, 9.17) is 4.74 Å². The normalized spacial score (nSPS) is 16.4. The molecule has 1 atom stereocenters. The number of nitrogens with zero attached hydrogens (tertiary/aromatic N) is 4. The Balaban J connectivity index is 1.75. The maximum Gasteiger partial charge on any atom is 0.230 e. The number of thiazole rings is 1. The molecule has 1 saturated heterocycles. The van der Waals surface area contributed by atoms with E-state index in [1.54, 1.807) is 4.52 Å². The minimum atomic E-state index is 0.0201. The van der Waals surface area contributed by atoms with Crippen LogP contribution in [0.1, 0.15) is 49.0 Å². The van der Waals surface area contributed by atoms with Crippen molar-refractivity contribution in [2.45, 2.75) is 39.2 Å². The van der Waals surface area contributed by atoms with Gasteiger partial charge in [0, 0.05) is 6.42 Å². The molecule has 6 nitrogen and oxygen atoms in total. The Hall–Kier alpha value is -2.12. The number of hydrogen-bond acceptors (Lipinski definition) is 6. The van der Waals surface area contributed by atoms with E-state index in [9.17, 15) is 5.11 Å². The van der Waals surface area contributed by atoms with E-state index in [1.807, 2.05) is 26.0 Å². The minimum absolute atomic E-state index is 0.0201. The van der Waals surface area contributed by atoms with Gasteiger partial charge in [-0.05, 0) is 50.6 Å². The lowest BCUT2D eigenvalue weighted by atomic mass is 10.0. The van der Waals surface area contributed by atoms with Gasteiger partial charge in [-0.15, -0.1) is 5.10 Å². The fraction of sp³-hybridized carbons (Fsp3) is 0.474. The zero-order valence-electron chi connectivity index (χ0n) is 15.2. The smallest absolute Gasteiger partial charge is 0.230 e. The summed E-state index contributed by atoms with van der Waals surface area (Å²) in [5.74, 6) is 1.84. The molecule has 0 spiro atoms. The van der Waals surface area contributed by atoms with E-state index in [2.05, 4.69) is 27.1 Å². The lowest BCUT2D eigenvalue weighted by molar-refractivity contribution is 0.276. The van der Waals surface area contributed by atoms with Crippen LogP contribution in [0.4, 0.5) is 0 Å². The van der Waals surface area contributed by atoms with Crippen LogP contribution in [0.2, 0.25) is 0 Å². The number of hydrogen-bond donors (Lipinski definition) is 1. The summed E-state index contributed by atoms with van der Waals surface area (Å²) in [6.07, 6.45) is 3.14. The summed E-state index contributed by atoms with van der Waals surface area (Å²) in [5, 5.41) is 15.3. The second-order valence-corrected chi connectivity index (χ2v) is 7.52. The molecular formula is C19H24N4O2S. The SMILES string of the molecule is CCOc1ccc([C@@H](c2sc3nc(CC)nn3c2O)N2CCCC2)cc1. The van der Waals surface area contributed by atoms with Gasteiger partial charge in [-0.3, -0.25) is 4.90 Å². The molecule has 0 bridgehead atoms. The molecule has 0 saturated carbocycles. The van der Waals surface area contributed by atoms with E-state index < -0.39 is 0 Å². The third kappa shape index (κ3) is 3.05. The Morgan fingerprint density at radius 2 is 1.92 bits per heavy atom. The van der Waals surface area contributed by atoms with Gasteiger partial charge in [0.05, 0.1) is 17.5 Å². The summed E-state index contributed by atoms with van der Waals surface area (Å²) >= 11 is 1.53. The molecule has 1 aliphatic heterocycles. The number of aromatic nitrogens is 3. The number of likely N-dealkylation sites (tertiary alicyclic amines) is 1. The number of rotatable bonds is 6. The lowest BCUT2D eigenvalue weighted by Crippen LogP contribution is -2.26. The molecule has 26 heavy (non-hydrogen) atoms. The molecule has 1 fully saturated rings. The molecule has 138 valence electrons. The quantitative estimate of drug-likeness (QED) is 0.716. The molecule has 7 heteroatoms. The van der Waals surface area contributed by atoms with E-state index >= 15 is 0 Å². The summed E-state index contributed by atoms with van der Waals surface area (Å²) in [5.41, 5.74) is 1.16. The van der Waals surface area contributed by atoms with Crippen molar-refractivity contribution in [1.82, 2.24) is 19.5 Å². The van der Waals surface area contributed by atoms with Gasteiger partial charge < -0.3 is 9.84 Å². The van der Waals surface area contributed by atoms with E-state index in [0.717, 1.165) is 46.5 Å². The summed E-state index contributed by atoms with van der Waals surface area (Å²) in [6, 6.07) is 8.23. The van der Waals surface area contributed by atoms with E-state index in [-0.39, 0.29) is 11.9 Å². The second kappa shape index (κ2) is 7.25. The number of benzene rings is 1. The topological polar surface area (TPSA) is 62.9 Å². The Labute approximate surface area is 157 Å². The van der Waals surface area contributed by atoms with Gasteiger partial charge in [-0.25, -0.2) is 4.98 Å². The molecule has 3 aromatic rings. The Morgan fingerprint density at radius 3 is 2.54 bits per heavy atom. The molecule has 0 radical (unpaired) electrons. The first-order valence-electron chi connectivity index (χ1n) is 9.25. The van der Waals surface area contributed by atoms with Crippen LogP contribution in [0.15, 0.2) is 24.3 Å². The van der Waals surface area contributed by atoms with Crippen LogP contribution >= 0.6 is 11.3 Å². The average Bonchev–Trinajstić information content (AvgIpc) is 3.37. The van der Waals surface area contributed by atoms with Gasteiger partial charge in [0.25, 0.3) is 0 Å². The average molecular weight is 372 g/mol. The van der Waals surface area contributed by atoms with Gasteiger partial charge in [-0.1, -0.05) is 30.4 Å². The van der Waals surface area contributed by atoms with Gasteiger partial charge in [0.2, 0.25) is 10.8 Å². The summed E-state index contributed by atoms with van der Waals surface area (Å²) in [7, 11) is 0. The standard InChI is InChI=1S/C19H24N4O2S/c1-3-15-20-19-23(21-15)18(24)17(26-19)16(22-11-5-6-12-22)13-7-9-14(10-8-13)25-4-2/h7-10,16,24H,3-6,11-12H2,1-2H3/t16-/m0/s1. The lowest BCUT2D eigenvalue weighted by Gasteiger charge is -2.27. The fourth-order valence-corrected chi connectivity index (χ4v) is 4.70. The largest absolute Gasteiger partial charge is 0.494 e. The molecule has 3 heterocycles. The van der Waals surface area contributed by atoms with Crippen LogP contribution < -0.4 is 4.74 Å². The van der Waals surface area contributed by atoms with Crippen molar-refractivity contribution in [2.24, 2.45) is 0 Å². The number of ether oxygens (including phenoxy) is 1. The second-order valence-electron chi connectivity index (χ2n) is 6.51. The van der Waals surface area contributed by atoms with Crippen molar-refractivity contribution in [2.75, 3.05) is 19.7 Å². The van der Waals surface area contributed by atoms with Crippen molar-refractivity contribution in [3.05, 3.63) is 40.5 Å². The van der Waals surface area contributed by atoms with Gasteiger partial charge in [0.15, 0.2) is 5.82 Å². The zero-order valence-corrected chi connectivity index (χ0v) is 16.0. The summed E-state index contributed by atoms with van der Waals surface area (Å²) in [6.45, 7) is 6.72. The number of aryl methyl sites for hydroxylation is 1. The predicted octanol–water partition coefficient (Wildman–Crippen LogP) is 3.64. The van der Waals surface area contributed by atoms with Crippen LogP contribution in [-0.4, -0.2) is 44.3 Å². The monoisotopic (exact) mass is 372 g/mol. The molecule has 0 unspecified atom stereocenters. The van der Waals surface area contributed by atoms with E-state index in [0.29, 0.717) is 6.61 Å². The summed E-state index contributed by atoms with van der Waals surface area (Å²) < 4.78 is 7.15. The Morgan fingerprint density at radius 1 is 1.19 bits per heavy atom. The third-order valence-corrected chi connectivity index (χ3v) is 5.89. The highest BCUT2D eigenvalue weighted by Crippen LogP contribution is 2.41. The Kier molecular flexibility index (Phi) is 4.82. The highest BCUT2D eigenvalue weighted by molar-refractivity contribution is 7.17. The number of aromatic hydroxyl groups is 1. The minimum Gasteiger partial charge on any atom is -0.494 e. The maximum atomic E-state index is 10.8. The Bertz CT molecular complexity index is 881. The fourth-order valence-electron chi connectivity index (χ4n) is 3.56. The van der Waals surface area contributed by atoms with Gasteiger partial charge >= 0.3 is 0 Å². The molecular weight excluding hydrogens is 348 g/mol. The molecule has 4 rings (SSSR count). The van der Waals surface area contributed by atoms with Crippen LogP contribution in [-0.2, 0) is 6.42 Å². The highest BCUT2D eigenvalue weighted by Gasteiger charge is 2.31. The maximum absolute atomic E-state index is 10.8. The number of fused-ring (bicyclic) bond motifs is 1. The van der Waals surface area contributed by atoms with E-state index in [1.165, 1.54) is 24.2 Å². The molecule has 0 amide bonds. The summed E-state index contributed by atoms with van der Waals surface area (Å²) in [4.78, 5) is 8.62. The first-order chi connectivity index (χ1) is 12.7. The van der Waals surface area contributed by atoms with Crippen LogP contribution in [0.5, 0.6) is 11.6 Å². The van der Waals surface area contributed by atoms with Crippen LogP contribution in [0.3, 0.4) is 0 Å². The highest BCUT2D eigenvalue weighted by atomic mass is 32.1. The molecule has 2 aromatic heterocycles. The van der Waals surface area contributed by atoms with Crippen LogP contribution in [0, 0.1) is 0 Å². The molecule has 1 N–H and O–H groups in total. The molecule has 0 aliphatic carbocycles.